The van der Waals surface area contributed by atoms with Crippen LogP contribution in [0.25, 0.3) is 0 Å². The number of carbonyl (C=O) groups excluding carboxylic acids is 1. The molecule has 0 aliphatic rings. The number of hydrazone groups is 1. The van der Waals surface area contributed by atoms with Crippen molar-refractivity contribution >= 4 is 62.4 Å². The van der Waals surface area contributed by atoms with Crippen molar-refractivity contribution in [2.45, 2.75) is 0 Å². The number of rotatable bonds is 7. The maximum atomic E-state index is 13.2. The average Bonchev–Trinajstić information content (AvgIpc) is 3.20. The zero-order valence-corrected chi connectivity index (χ0v) is 19.1. The molecular formula is C23H15Cl2N5O2S. The number of benzene rings is 3. The number of hydrogen-bond donors (Lipinski definition) is 2. The van der Waals surface area contributed by atoms with Gasteiger partial charge in [-0.15, -0.1) is 10.2 Å². The third kappa shape index (κ3) is 5.81. The van der Waals surface area contributed by atoms with E-state index < -0.39 is 0 Å². The number of hydrogen-bond acceptors (Lipinski definition) is 8. The second kappa shape index (κ2) is 10.4. The largest absolute Gasteiger partial charge is 0.491 e. The van der Waals surface area contributed by atoms with Crippen molar-refractivity contribution in [1.29, 1.82) is 0 Å². The van der Waals surface area contributed by atoms with Crippen LogP contribution >= 0.6 is 34.5 Å². The molecule has 0 atom stereocenters. The molecule has 0 saturated carbocycles. The van der Waals surface area contributed by atoms with E-state index in [4.69, 9.17) is 23.2 Å². The number of azo groups is 1. The molecule has 4 aromatic rings. The first-order valence-electron chi connectivity index (χ1n) is 9.56. The van der Waals surface area contributed by atoms with Gasteiger partial charge < -0.3 is 5.11 Å². The number of carbonyl (C=O) groups is 1. The van der Waals surface area contributed by atoms with E-state index in [2.05, 4.69) is 25.7 Å². The molecule has 0 amide bonds. The topological polar surface area (TPSA) is 99.3 Å². The van der Waals surface area contributed by atoms with Crippen LogP contribution < -0.4 is 5.43 Å². The lowest BCUT2D eigenvalue weighted by molar-refractivity contribution is 0.106. The van der Waals surface area contributed by atoms with Crippen LogP contribution in [-0.4, -0.2) is 21.6 Å². The number of halogens is 2. The van der Waals surface area contributed by atoms with E-state index in [-0.39, 0.29) is 27.4 Å². The fourth-order valence-electron chi connectivity index (χ4n) is 2.65. The summed E-state index contributed by atoms with van der Waals surface area (Å²) in [5, 5.41) is 24.2. The fraction of sp³-hybridized carbons (Fsp3) is 0. The van der Waals surface area contributed by atoms with Crippen molar-refractivity contribution in [1.82, 2.24) is 4.98 Å². The van der Waals surface area contributed by atoms with Crippen LogP contribution in [-0.2, 0) is 0 Å². The number of aromatic nitrogens is 1. The van der Waals surface area contributed by atoms with Crippen LogP contribution in [0.2, 0.25) is 10.0 Å². The summed E-state index contributed by atoms with van der Waals surface area (Å²) in [6, 6.07) is 22.2. The van der Waals surface area contributed by atoms with Gasteiger partial charge >= 0.3 is 0 Å². The molecule has 0 unspecified atom stereocenters. The summed E-state index contributed by atoms with van der Waals surface area (Å²) in [4.78, 5) is 17.3. The van der Waals surface area contributed by atoms with Gasteiger partial charge in [-0.3, -0.25) is 10.2 Å². The van der Waals surface area contributed by atoms with Crippen LogP contribution in [0.15, 0.2) is 94.2 Å². The molecule has 0 aliphatic carbocycles. The lowest BCUT2D eigenvalue weighted by Crippen LogP contribution is -2.17. The standard InChI is InChI=1S/C23H15Cl2N5O2S/c24-15-6-10-17(11-7-15)27-29-19(20(31)14-4-2-1-3-5-14)22-26-21(32)23(33-22)30-28-18-12-8-16(25)9-13-18/h1-13,27,32H/b29-19-,30-28?. The Morgan fingerprint density at radius 3 is 2.18 bits per heavy atom. The van der Waals surface area contributed by atoms with Crippen LogP contribution in [0.1, 0.15) is 15.4 Å². The van der Waals surface area contributed by atoms with Gasteiger partial charge in [-0.1, -0.05) is 64.9 Å². The molecule has 2 N–H and O–H groups in total. The first-order chi connectivity index (χ1) is 16.0. The van der Waals surface area contributed by atoms with Gasteiger partial charge in [0.05, 0.1) is 11.4 Å². The molecule has 0 saturated heterocycles. The highest BCUT2D eigenvalue weighted by atomic mass is 35.5. The number of anilines is 1. The molecule has 0 radical (unpaired) electrons. The van der Waals surface area contributed by atoms with E-state index in [9.17, 15) is 9.90 Å². The summed E-state index contributed by atoms with van der Waals surface area (Å²) in [6.45, 7) is 0. The number of aromatic hydroxyl groups is 1. The van der Waals surface area contributed by atoms with E-state index >= 15 is 0 Å². The van der Waals surface area contributed by atoms with Crippen molar-refractivity contribution in [3.8, 4) is 5.88 Å². The highest BCUT2D eigenvalue weighted by Gasteiger charge is 2.23. The summed E-state index contributed by atoms with van der Waals surface area (Å²) in [5.74, 6) is -0.722. The molecular weight excluding hydrogens is 481 g/mol. The van der Waals surface area contributed by atoms with E-state index in [1.807, 2.05) is 6.07 Å². The Bertz CT molecular complexity index is 1320. The van der Waals surface area contributed by atoms with Crippen LogP contribution in [0, 0.1) is 0 Å². The minimum atomic E-state index is -0.369. The number of nitrogens with zero attached hydrogens (tertiary/aromatic N) is 4. The summed E-state index contributed by atoms with van der Waals surface area (Å²) in [6.07, 6.45) is 0. The minimum absolute atomic E-state index is 0.0180. The highest BCUT2D eigenvalue weighted by molar-refractivity contribution is 7.18. The fourth-order valence-corrected chi connectivity index (χ4v) is 3.67. The van der Waals surface area contributed by atoms with Crippen LogP contribution in [0.3, 0.4) is 0 Å². The zero-order chi connectivity index (χ0) is 23.2. The van der Waals surface area contributed by atoms with E-state index in [0.29, 0.717) is 27.0 Å². The van der Waals surface area contributed by atoms with Crippen LogP contribution in [0.4, 0.5) is 16.4 Å². The maximum absolute atomic E-state index is 13.2. The molecule has 1 heterocycles. The molecule has 33 heavy (non-hydrogen) atoms. The molecule has 3 aromatic carbocycles. The second-order valence-corrected chi connectivity index (χ2v) is 8.45. The van der Waals surface area contributed by atoms with E-state index in [1.54, 1.807) is 72.8 Å². The van der Waals surface area contributed by atoms with Crippen molar-refractivity contribution in [3.63, 3.8) is 0 Å². The van der Waals surface area contributed by atoms with E-state index in [0.717, 1.165) is 11.3 Å². The van der Waals surface area contributed by atoms with Gasteiger partial charge in [0.2, 0.25) is 10.8 Å². The smallest absolute Gasteiger partial charge is 0.251 e. The third-order valence-electron chi connectivity index (χ3n) is 4.27. The van der Waals surface area contributed by atoms with Gasteiger partial charge in [0.1, 0.15) is 0 Å². The van der Waals surface area contributed by atoms with Crippen molar-refractivity contribution in [3.05, 3.63) is 99.5 Å². The molecule has 10 heteroatoms. The van der Waals surface area contributed by atoms with Gasteiger partial charge in [0.25, 0.3) is 5.88 Å². The third-order valence-corrected chi connectivity index (χ3v) is 5.71. The first kappa shape index (κ1) is 22.6. The monoisotopic (exact) mass is 495 g/mol. The first-order valence-corrected chi connectivity index (χ1v) is 11.1. The summed E-state index contributed by atoms with van der Waals surface area (Å²) < 4.78 is 0. The second-order valence-electron chi connectivity index (χ2n) is 6.60. The lowest BCUT2D eigenvalue weighted by Gasteiger charge is -2.05. The van der Waals surface area contributed by atoms with Crippen molar-refractivity contribution in [2.24, 2.45) is 15.3 Å². The quantitative estimate of drug-likeness (QED) is 0.122. The zero-order valence-electron chi connectivity index (χ0n) is 16.8. The summed E-state index contributed by atoms with van der Waals surface area (Å²) >= 11 is 12.8. The predicted molar refractivity (Wildman–Crippen MR) is 132 cm³/mol. The number of ketones is 1. The predicted octanol–water partition coefficient (Wildman–Crippen LogP) is 7.27. The number of Topliss-reactive ketones (excluding diaryl/α,β-unsaturated/α-hetero) is 1. The molecule has 164 valence electrons. The van der Waals surface area contributed by atoms with Crippen molar-refractivity contribution < 1.29 is 9.90 Å². The lowest BCUT2D eigenvalue weighted by atomic mass is 10.1. The molecule has 7 nitrogen and oxygen atoms in total. The summed E-state index contributed by atoms with van der Waals surface area (Å²) in [7, 11) is 0. The van der Waals surface area contributed by atoms with Gasteiger partial charge in [-0.05, 0) is 48.5 Å². The Morgan fingerprint density at radius 1 is 0.879 bits per heavy atom. The minimum Gasteiger partial charge on any atom is -0.491 e. The molecule has 0 fully saturated rings. The highest BCUT2D eigenvalue weighted by Crippen LogP contribution is 2.35. The Labute approximate surface area is 203 Å². The maximum Gasteiger partial charge on any atom is 0.251 e. The molecule has 4 rings (SSSR count). The average molecular weight is 496 g/mol. The SMILES string of the molecule is O=C(/C(=N/Nc1ccc(Cl)cc1)c1nc(O)c(N=Nc2ccc(Cl)cc2)s1)c1ccccc1. The molecule has 1 aromatic heterocycles. The summed E-state index contributed by atoms with van der Waals surface area (Å²) in [5.41, 5.74) is 4.46. The van der Waals surface area contributed by atoms with Gasteiger partial charge in [-0.2, -0.15) is 10.1 Å². The molecule has 0 aliphatic heterocycles. The Hall–Kier alpha value is -3.59. The molecule has 0 bridgehead atoms. The number of thiazole rings is 1. The van der Waals surface area contributed by atoms with E-state index in [1.165, 1.54) is 0 Å². The molecule has 0 spiro atoms. The number of nitrogens with one attached hydrogen (secondary N) is 1. The normalized spacial score (nSPS) is 11.6. The van der Waals surface area contributed by atoms with Crippen molar-refractivity contribution in [2.75, 3.05) is 5.43 Å². The Morgan fingerprint density at radius 2 is 1.52 bits per heavy atom. The Balaban J connectivity index is 1.67. The van der Waals surface area contributed by atoms with Gasteiger partial charge in [0.15, 0.2) is 10.7 Å². The van der Waals surface area contributed by atoms with Gasteiger partial charge in [0, 0.05) is 15.6 Å². The van der Waals surface area contributed by atoms with Crippen LogP contribution in [0.5, 0.6) is 5.88 Å². The Kier molecular flexibility index (Phi) is 7.09. The van der Waals surface area contributed by atoms with Gasteiger partial charge in [-0.25, -0.2) is 0 Å².